The van der Waals surface area contributed by atoms with Crippen molar-refractivity contribution in [2.75, 3.05) is 10.6 Å². The molecule has 0 unspecified atom stereocenters. The first-order chi connectivity index (χ1) is 12.6. The molecule has 0 aliphatic carbocycles. The summed E-state index contributed by atoms with van der Waals surface area (Å²) < 4.78 is 0. The van der Waals surface area contributed by atoms with E-state index in [2.05, 4.69) is 25.8 Å². The number of nitrogens with one attached hydrogen (secondary N) is 2. The quantitative estimate of drug-likeness (QED) is 0.666. The zero-order chi connectivity index (χ0) is 18.4. The van der Waals surface area contributed by atoms with Gasteiger partial charge in [0, 0.05) is 30.2 Å². The summed E-state index contributed by atoms with van der Waals surface area (Å²) in [5, 5.41) is 13.8. The second kappa shape index (κ2) is 7.98. The van der Waals surface area contributed by atoms with Crippen LogP contribution in [-0.2, 0) is 6.54 Å². The van der Waals surface area contributed by atoms with E-state index >= 15 is 0 Å². The van der Waals surface area contributed by atoms with E-state index < -0.39 is 0 Å². The van der Waals surface area contributed by atoms with Crippen molar-refractivity contribution in [2.45, 2.75) is 13.5 Å². The Balaban J connectivity index is 1.58. The molecule has 26 heavy (non-hydrogen) atoms. The molecule has 1 amide bonds. The minimum Gasteiger partial charge on any atom is -0.365 e. The highest BCUT2D eigenvalue weighted by atomic mass is 16.2. The van der Waals surface area contributed by atoms with Crippen LogP contribution in [-0.4, -0.2) is 26.9 Å². The highest BCUT2D eigenvalue weighted by Gasteiger charge is 2.09. The van der Waals surface area contributed by atoms with Crippen molar-refractivity contribution in [3.8, 4) is 0 Å². The van der Waals surface area contributed by atoms with E-state index in [0.29, 0.717) is 23.6 Å². The third-order valence-electron chi connectivity index (χ3n) is 3.67. The van der Waals surface area contributed by atoms with Gasteiger partial charge in [-0.05, 0) is 61.0 Å². The Hall–Kier alpha value is -3.61. The second-order valence-electron chi connectivity index (χ2n) is 5.60. The molecule has 1 aromatic carbocycles. The maximum atomic E-state index is 12.2. The molecule has 0 saturated heterocycles. The average molecular weight is 347 g/mol. The molecule has 7 nitrogen and oxygen atoms in total. The van der Waals surface area contributed by atoms with Crippen LogP contribution in [0.5, 0.6) is 0 Å². The Kier molecular flexibility index (Phi) is 5.28. The lowest BCUT2D eigenvalue weighted by atomic mass is 10.1. The van der Waals surface area contributed by atoms with Gasteiger partial charge in [0.2, 0.25) is 0 Å². The summed E-state index contributed by atoms with van der Waals surface area (Å²) in [5.41, 5.74) is 2.45. The maximum absolute atomic E-state index is 12.2. The lowest BCUT2D eigenvalue weighted by molar-refractivity contribution is 0.101. The normalized spacial score (nSPS) is 10.2. The van der Waals surface area contributed by atoms with Crippen molar-refractivity contribution in [3.63, 3.8) is 0 Å². The van der Waals surface area contributed by atoms with E-state index in [0.717, 1.165) is 5.56 Å². The van der Waals surface area contributed by atoms with Gasteiger partial charge in [-0.3, -0.25) is 14.6 Å². The Morgan fingerprint density at radius 3 is 2.27 bits per heavy atom. The molecule has 0 spiro atoms. The standard InChI is InChI=1S/C19H17N5O2/c1-13(25)15-2-4-16(5-3-15)22-19(26)17-6-7-18(24-23-17)21-12-14-8-10-20-11-9-14/h2-11H,12H2,1H3,(H,21,24)(H,22,26). The van der Waals surface area contributed by atoms with Crippen LogP contribution in [0.3, 0.4) is 0 Å². The average Bonchev–Trinajstić information content (AvgIpc) is 2.68. The smallest absolute Gasteiger partial charge is 0.276 e. The van der Waals surface area contributed by atoms with E-state index in [9.17, 15) is 9.59 Å². The maximum Gasteiger partial charge on any atom is 0.276 e. The molecule has 0 bridgehead atoms. The molecule has 3 rings (SSSR count). The van der Waals surface area contributed by atoms with Crippen LogP contribution in [0.15, 0.2) is 60.9 Å². The van der Waals surface area contributed by atoms with Crippen molar-refractivity contribution < 1.29 is 9.59 Å². The third kappa shape index (κ3) is 4.47. The molecular weight excluding hydrogens is 330 g/mol. The van der Waals surface area contributed by atoms with Crippen LogP contribution in [0.2, 0.25) is 0 Å². The van der Waals surface area contributed by atoms with Crippen molar-refractivity contribution in [3.05, 3.63) is 77.7 Å². The number of pyridine rings is 1. The lowest BCUT2D eigenvalue weighted by Gasteiger charge is -2.07. The molecule has 2 aromatic heterocycles. The lowest BCUT2D eigenvalue weighted by Crippen LogP contribution is -2.15. The first kappa shape index (κ1) is 17.2. The van der Waals surface area contributed by atoms with Gasteiger partial charge < -0.3 is 10.6 Å². The van der Waals surface area contributed by atoms with Crippen LogP contribution in [0, 0.1) is 0 Å². The number of nitrogens with zero attached hydrogens (tertiary/aromatic N) is 3. The van der Waals surface area contributed by atoms with Crippen LogP contribution in [0.1, 0.15) is 33.3 Å². The first-order valence-corrected chi connectivity index (χ1v) is 8.01. The molecule has 0 atom stereocenters. The van der Waals surface area contributed by atoms with E-state index in [-0.39, 0.29) is 17.4 Å². The van der Waals surface area contributed by atoms with Crippen LogP contribution >= 0.6 is 0 Å². The predicted molar refractivity (Wildman–Crippen MR) is 98.0 cm³/mol. The number of rotatable bonds is 6. The van der Waals surface area contributed by atoms with Gasteiger partial charge in [-0.25, -0.2) is 0 Å². The fourth-order valence-electron chi connectivity index (χ4n) is 2.22. The topological polar surface area (TPSA) is 96.9 Å². The largest absolute Gasteiger partial charge is 0.365 e. The van der Waals surface area contributed by atoms with Gasteiger partial charge in [-0.2, -0.15) is 0 Å². The zero-order valence-corrected chi connectivity index (χ0v) is 14.1. The highest BCUT2D eigenvalue weighted by molar-refractivity contribution is 6.03. The Morgan fingerprint density at radius 2 is 1.65 bits per heavy atom. The molecule has 0 aliphatic rings. The van der Waals surface area contributed by atoms with Crippen molar-refractivity contribution >= 4 is 23.2 Å². The summed E-state index contributed by atoms with van der Waals surface area (Å²) in [5.74, 6) is 0.182. The third-order valence-corrected chi connectivity index (χ3v) is 3.67. The molecule has 2 heterocycles. The number of amides is 1. The molecular formula is C19H17N5O2. The van der Waals surface area contributed by atoms with Crippen LogP contribution in [0.25, 0.3) is 0 Å². The molecule has 2 N–H and O–H groups in total. The summed E-state index contributed by atoms with van der Waals surface area (Å²) >= 11 is 0. The number of aromatic nitrogens is 3. The van der Waals surface area contributed by atoms with Gasteiger partial charge in [0.05, 0.1) is 0 Å². The molecule has 0 fully saturated rings. The Morgan fingerprint density at radius 1 is 0.923 bits per heavy atom. The monoisotopic (exact) mass is 347 g/mol. The fourth-order valence-corrected chi connectivity index (χ4v) is 2.22. The molecule has 3 aromatic rings. The molecule has 7 heteroatoms. The van der Waals surface area contributed by atoms with E-state index in [4.69, 9.17) is 0 Å². The minimum atomic E-state index is -0.367. The van der Waals surface area contributed by atoms with Gasteiger partial charge in [0.1, 0.15) is 5.82 Å². The predicted octanol–water partition coefficient (Wildman–Crippen LogP) is 2.94. The van der Waals surface area contributed by atoms with Crippen LogP contribution < -0.4 is 10.6 Å². The van der Waals surface area contributed by atoms with Gasteiger partial charge in [0.15, 0.2) is 11.5 Å². The van der Waals surface area contributed by atoms with E-state index in [1.165, 1.54) is 6.92 Å². The van der Waals surface area contributed by atoms with Crippen molar-refractivity contribution in [2.24, 2.45) is 0 Å². The fraction of sp³-hybridized carbons (Fsp3) is 0.105. The molecule has 0 saturated carbocycles. The van der Waals surface area contributed by atoms with E-state index in [1.807, 2.05) is 12.1 Å². The number of carbonyl (C=O) groups is 2. The zero-order valence-electron chi connectivity index (χ0n) is 14.1. The SMILES string of the molecule is CC(=O)c1ccc(NC(=O)c2ccc(NCc3ccncc3)nn2)cc1. The highest BCUT2D eigenvalue weighted by Crippen LogP contribution is 2.12. The number of anilines is 2. The Labute approximate surface area is 150 Å². The summed E-state index contributed by atoms with van der Waals surface area (Å²) in [4.78, 5) is 27.4. The molecule has 0 radical (unpaired) electrons. The number of carbonyl (C=O) groups excluding carboxylic acids is 2. The molecule has 0 aliphatic heterocycles. The van der Waals surface area contributed by atoms with Gasteiger partial charge in [0.25, 0.3) is 5.91 Å². The number of Topliss-reactive ketones (excluding diaryl/α,β-unsaturated/α-hetero) is 1. The number of benzene rings is 1. The first-order valence-electron chi connectivity index (χ1n) is 8.01. The van der Waals surface area contributed by atoms with Gasteiger partial charge in [-0.1, -0.05) is 0 Å². The second-order valence-corrected chi connectivity index (χ2v) is 5.60. The van der Waals surface area contributed by atoms with Crippen molar-refractivity contribution in [1.82, 2.24) is 15.2 Å². The van der Waals surface area contributed by atoms with Crippen molar-refractivity contribution in [1.29, 1.82) is 0 Å². The number of hydrogen-bond acceptors (Lipinski definition) is 6. The molecule has 130 valence electrons. The number of hydrogen-bond donors (Lipinski definition) is 2. The van der Waals surface area contributed by atoms with Gasteiger partial charge in [-0.15, -0.1) is 10.2 Å². The van der Waals surface area contributed by atoms with E-state index in [1.54, 1.807) is 48.8 Å². The summed E-state index contributed by atoms with van der Waals surface area (Å²) in [6.45, 7) is 2.08. The summed E-state index contributed by atoms with van der Waals surface area (Å²) in [7, 11) is 0. The summed E-state index contributed by atoms with van der Waals surface area (Å²) in [6, 6.07) is 13.8. The van der Waals surface area contributed by atoms with Gasteiger partial charge >= 0.3 is 0 Å². The number of ketones is 1. The van der Waals surface area contributed by atoms with Crippen LogP contribution in [0.4, 0.5) is 11.5 Å². The minimum absolute atomic E-state index is 0.0244. The Bertz CT molecular complexity index is 893. The summed E-state index contributed by atoms with van der Waals surface area (Å²) in [6.07, 6.45) is 3.44.